The summed E-state index contributed by atoms with van der Waals surface area (Å²) in [7, 11) is 7.86. The van der Waals surface area contributed by atoms with E-state index in [4.69, 9.17) is 34.7 Å². The van der Waals surface area contributed by atoms with Crippen molar-refractivity contribution in [2.24, 2.45) is 11.5 Å². The molecule has 0 aliphatic carbocycles. The van der Waals surface area contributed by atoms with Crippen LogP contribution < -0.4 is 21.3 Å². The average molecular weight is 367 g/mol. The molecule has 4 nitrogen and oxygen atoms in total. The van der Waals surface area contributed by atoms with Crippen LogP contribution in [-0.4, -0.2) is 28.2 Å². The van der Waals surface area contributed by atoms with Gasteiger partial charge in [0.25, 0.3) is 0 Å². The molecule has 0 bridgehead atoms. The third kappa shape index (κ3) is 3.47. The summed E-state index contributed by atoms with van der Waals surface area (Å²) in [6.07, 6.45) is 0. The minimum absolute atomic E-state index is 0.656. The second-order valence-corrected chi connectivity index (χ2v) is 7.50. The maximum atomic E-state index is 6.62. The van der Waals surface area contributed by atoms with Gasteiger partial charge in [-0.05, 0) is 35.4 Å². The van der Waals surface area contributed by atoms with Gasteiger partial charge in [-0.15, -0.1) is 0 Å². The van der Waals surface area contributed by atoms with Crippen LogP contribution >= 0.6 is 23.2 Å². The lowest BCUT2D eigenvalue weighted by Gasteiger charge is -2.37. The van der Waals surface area contributed by atoms with Crippen molar-refractivity contribution in [2.75, 3.05) is 38.0 Å². The molecular weight excluding hydrogens is 343 g/mol. The molecule has 0 heterocycles. The first-order valence-corrected chi connectivity index (χ1v) is 8.34. The molecule has 2 atom stereocenters. The predicted octanol–water partition coefficient (Wildman–Crippen LogP) is 3.22. The largest absolute Gasteiger partial charge is 0.378 e. The molecule has 130 valence electrons. The van der Waals surface area contributed by atoms with E-state index in [0.29, 0.717) is 11.1 Å². The van der Waals surface area contributed by atoms with E-state index in [-0.39, 0.29) is 0 Å². The fraction of sp³-hybridized carbons (Fsp3) is 0.333. The molecule has 24 heavy (non-hydrogen) atoms. The third-order valence-corrected chi connectivity index (χ3v) is 5.27. The van der Waals surface area contributed by atoms with Crippen molar-refractivity contribution in [3.05, 3.63) is 59.7 Å². The van der Waals surface area contributed by atoms with E-state index in [2.05, 4.69) is 0 Å². The molecule has 0 aliphatic heterocycles. The number of nitrogens with zero attached hydrogens (tertiary/aromatic N) is 2. The Morgan fingerprint density at radius 2 is 0.875 bits per heavy atom. The van der Waals surface area contributed by atoms with Crippen LogP contribution in [0.2, 0.25) is 0 Å². The molecule has 2 aromatic carbocycles. The van der Waals surface area contributed by atoms with E-state index in [0.717, 1.165) is 11.4 Å². The summed E-state index contributed by atoms with van der Waals surface area (Å²) < 4.78 is 0. The second kappa shape index (κ2) is 6.81. The summed E-state index contributed by atoms with van der Waals surface area (Å²) in [5.74, 6) is 0. The molecule has 0 saturated heterocycles. The van der Waals surface area contributed by atoms with Crippen molar-refractivity contribution in [3.63, 3.8) is 0 Å². The summed E-state index contributed by atoms with van der Waals surface area (Å²) in [5.41, 5.74) is 16.1. The van der Waals surface area contributed by atoms with Gasteiger partial charge >= 0.3 is 0 Å². The average Bonchev–Trinajstić information content (AvgIpc) is 2.54. The SMILES string of the molecule is CN(C)c1ccc(C(N)(Cl)C(N)(Cl)c2ccc(N(C)C)cc2)cc1. The van der Waals surface area contributed by atoms with E-state index in [9.17, 15) is 0 Å². The van der Waals surface area contributed by atoms with Crippen molar-refractivity contribution < 1.29 is 0 Å². The predicted molar refractivity (Wildman–Crippen MR) is 105 cm³/mol. The summed E-state index contributed by atoms with van der Waals surface area (Å²) in [5, 5.41) is 0. The Hall–Kier alpha value is -1.46. The normalized spacial score (nSPS) is 16.2. The molecule has 2 rings (SSSR count). The van der Waals surface area contributed by atoms with Gasteiger partial charge in [-0.3, -0.25) is 0 Å². The minimum atomic E-state index is -1.46. The van der Waals surface area contributed by atoms with Crippen LogP contribution in [0, 0.1) is 0 Å². The monoisotopic (exact) mass is 366 g/mol. The molecule has 0 aliphatic rings. The van der Waals surface area contributed by atoms with Crippen molar-refractivity contribution in [1.29, 1.82) is 0 Å². The van der Waals surface area contributed by atoms with E-state index in [1.54, 1.807) is 0 Å². The highest BCUT2D eigenvalue weighted by molar-refractivity contribution is 6.34. The molecule has 0 aromatic heterocycles. The van der Waals surface area contributed by atoms with E-state index >= 15 is 0 Å². The Morgan fingerprint density at radius 1 is 0.625 bits per heavy atom. The van der Waals surface area contributed by atoms with Gasteiger partial charge in [-0.25, -0.2) is 0 Å². The molecule has 4 N–H and O–H groups in total. The number of anilines is 2. The van der Waals surface area contributed by atoms with Gasteiger partial charge in [-0.1, -0.05) is 47.5 Å². The number of nitrogens with two attached hydrogens (primary N) is 2. The van der Waals surface area contributed by atoms with E-state index in [1.165, 1.54) is 0 Å². The topological polar surface area (TPSA) is 58.5 Å². The fourth-order valence-electron chi connectivity index (χ4n) is 2.42. The van der Waals surface area contributed by atoms with E-state index < -0.39 is 10.00 Å². The van der Waals surface area contributed by atoms with Crippen LogP contribution in [0.4, 0.5) is 11.4 Å². The van der Waals surface area contributed by atoms with Gasteiger partial charge < -0.3 is 21.3 Å². The van der Waals surface area contributed by atoms with Crippen LogP contribution in [-0.2, 0) is 10.00 Å². The van der Waals surface area contributed by atoms with Gasteiger partial charge in [0.15, 0.2) is 10.00 Å². The van der Waals surface area contributed by atoms with E-state index in [1.807, 2.05) is 86.5 Å². The molecule has 0 fully saturated rings. The highest BCUT2D eigenvalue weighted by Crippen LogP contribution is 2.43. The highest BCUT2D eigenvalue weighted by Gasteiger charge is 2.46. The van der Waals surface area contributed by atoms with Gasteiger partial charge in [-0.2, -0.15) is 0 Å². The molecule has 6 heteroatoms. The molecule has 2 aromatic rings. The fourth-order valence-corrected chi connectivity index (χ4v) is 2.89. The Kier molecular flexibility index (Phi) is 5.35. The van der Waals surface area contributed by atoms with Gasteiger partial charge in [0, 0.05) is 39.6 Å². The number of hydrogen-bond acceptors (Lipinski definition) is 4. The number of hydrogen-bond donors (Lipinski definition) is 2. The van der Waals surface area contributed by atoms with Gasteiger partial charge in [0.05, 0.1) is 0 Å². The van der Waals surface area contributed by atoms with Crippen molar-refractivity contribution in [2.45, 2.75) is 10.00 Å². The first kappa shape index (κ1) is 18.9. The van der Waals surface area contributed by atoms with Crippen LogP contribution in [0.15, 0.2) is 48.5 Å². The maximum Gasteiger partial charge on any atom is 0.153 e. The first-order chi connectivity index (χ1) is 11.1. The maximum absolute atomic E-state index is 6.62. The number of benzene rings is 2. The Bertz CT molecular complexity index is 616. The summed E-state index contributed by atoms with van der Waals surface area (Å²) in [6.45, 7) is 0. The number of alkyl halides is 2. The lowest BCUT2D eigenvalue weighted by atomic mass is 9.93. The zero-order chi connectivity index (χ0) is 18.1. The molecular formula is C18H24Cl2N4. The van der Waals surface area contributed by atoms with Crippen LogP contribution in [0.1, 0.15) is 11.1 Å². The number of rotatable bonds is 5. The first-order valence-electron chi connectivity index (χ1n) is 7.58. The summed E-state index contributed by atoms with van der Waals surface area (Å²) in [6, 6.07) is 15.1. The minimum Gasteiger partial charge on any atom is -0.378 e. The van der Waals surface area contributed by atoms with Gasteiger partial charge in [0.1, 0.15) is 0 Å². The van der Waals surface area contributed by atoms with Crippen molar-refractivity contribution in [3.8, 4) is 0 Å². The molecule has 2 unspecified atom stereocenters. The summed E-state index contributed by atoms with van der Waals surface area (Å²) in [4.78, 5) is 1.07. The lowest BCUT2D eigenvalue weighted by molar-refractivity contribution is 0.449. The molecule has 0 radical (unpaired) electrons. The number of halogens is 2. The lowest BCUT2D eigenvalue weighted by Crippen LogP contribution is -2.54. The Balaban J connectivity index is 2.37. The summed E-state index contributed by atoms with van der Waals surface area (Å²) >= 11 is 13.2. The zero-order valence-electron chi connectivity index (χ0n) is 14.4. The van der Waals surface area contributed by atoms with Gasteiger partial charge in [0.2, 0.25) is 0 Å². The van der Waals surface area contributed by atoms with Crippen molar-refractivity contribution in [1.82, 2.24) is 0 Å². The smallest absolute Gasteiger partial charge is 0.153 e. The molecule has 0 saturated carbocycles. The van der Waals surface area contributed by atoms with Crippen molar-refractivity contribution >= 4 is 34.6 Å². The zero-order valence-corrected chi connectivity index (χ0v) is 15.9. The standard InChI is InChI=1S/C18H24Cl2N4/c1-23(2)15-9-5-13(6-10-15)17(19,21)18(20,22)14-7-11-16(12-8-14)24(3)4/h5-12H,21-22H2,1-4H3. The molecule has 0 spiro atoms. The van der Waals surface area contributed by atoms with Crippen LogP contribution in [0.3, 0.4) is 0 Å². The Labute approximate surface area is 153 Å². The Morgan fingerprint density at radius 3 is 1.08 bits per heavy atom. The third-order valence-electron chi connectivity index (χ3n) is 4.14. The van der Waals surface area contributed by atoms with Crippen LogP contribution in [0.25, 0.3) is 0 Å². The van der Waals surface area contributed by atoms with Crippen LogP contribution in [0.5, 0.6) is 0 Å². The second-order valence-electron chi connectivity index (χ2n) is 6.31. The quantitative estimate of drug-likeness (QED) is 0.629. The molecule has 0 amide bonds. The highest BCUT2D eigenvalue weighted by atomic mass is 35.5.